The van der Waals surface area contributed by atoms with Crippen LogP contribution in [0.2, 0.25) is 0 Å². The highest BCUT2D eigenvalue weighted by molar-refractivity contribution is 5.97. The van der Waals surface area contributed by atoms with E-state index in [9.17, 15) is 9.59 Å². The van der Waals surface area contributed by atoms with Crippen molar-refractivity contribution in [2.24, 2.45) is 0 Å². The normalized spacial score (nSPS) is 23.9. The van der Waals surface area contributed by atoms with E-state index in [1.807, 2.05) is 17.0 Å². The summed E-state index contributed by atoms with van der Waals surface area (Å²) in [6.45, 7) is 7.64. The number of piperidine rings is 1. The number of nitrogens with zero attached hydrogens (tertiary/aromatic N) is 2. The molecule has 2 atom stereocenters. The maximum absolute atomic E-state index is 12.7. The smallest absolute Gasteiger partial charge is 0.317 e. The SMILES string of the molecule is CC[C@@H]1CCCCN1C(=O)N[C@@H]1CC(=O)N(c2ccc(C)c(C)c2)C1. The Kier molecular flexibility index (Phi) is 5.30. The van der Waals surface area contributed by atoms with Crippen LogP contribution in [-0.2, 0) is 4.79 Å². The highest BCUT2D eigenvalue weighted by Gasteiger charge is 2.34. The number of hydrogen-bond donors (Lipinski definition) is 1. The monoisotopic (exact) mass is 343 g/mol. The lowest BCUT2D eigenvalue weighted by atomic mass is 10.0. The van der Waals surface area contributed by atoms with E-state index in [0.29, 0.717) is 19.0 Å². The predicted molar refractivity (Wildman–Crippen MR) is 99.8 cm³/mol. The molecule has 1 N–H and O–H groups in total. The fourth-order valence-electron chi connectivity index (χ4n) is 3.90. The molecule has 5 nitrogen and oxygen atoms in total. The van der Waals surface area contributed by atoms with Gasteiger partial charge in [0.2, 0.25) is 5.91 Å². The van der Waals surface area contributed by atoms with E-state index in [1.165, 1.54) is 17.5 Å². The van der Waals surface area contributed by atoms with Crippen LogP contribution >= 0.6 is 0 Å². The van der Waals surface area contributed by atoms with Crippen LogP contribution < -0.4 is 10.2 Å². The van der Waals surface area contributed by atoms with E-state index in [4.69, 9.17) is 0 Å². The lowest BCUT2D eigenvalue weighted by molar-refractivity contribution is -0.117. The maximum atomic E-state index is 12.7. The summed E-state index contributed by atoms with van der Waals surface area (Å²) in [7, 11) is 0. The zero-order valence-electron chi connectivity index (χ0n) is 15.5. The van der Waals surface area contributed by atoms with Crippen LogP contribution in [0.15, 0.2) is 18.2 Å². The van der Waals surface area contributed by atoms with Crippen molar-refractivity contribution in [3.05, 3.63) is 29.3 Å². The molecule has 0 saturated carbocycles. The lowest BCUT2D eigenvalue weighted by Gasteiger charge is -2.35. The summed E-state index contributed by atoms with van der Waals surface area (Å²) < 4.78 is 0. The summed E-state index contributed by atoms with van der Waals surface area (Å²) in [5.74, 6) is 0.0826. The minimum Gasteiger partial charge on any atom is -0.333 e. The van der Waals surface area contributed by atoms with E-state index in [0.717, 1.165) is 31.5 Å². The van der Waals surface area contributed by atoms with Gasteiger partial charge in [-0.25, -0.2) is 4.79 Å². The molecule has 1 aromatic rings. The van der Waals surface area contributed by atoms with Crippen molar-refractivity contribution >= 4 is 17.6 Å². The zero-order chi connectivity index (χ0) is 18.0. The molecule has 2 aliphatic heterocycles. The largest absolute Gasteiger partial charge is 0.333 e. The molecule has 2 heterocycles. The summed E-state index contributed by atoms with van der Waals surface area (Å²) in [4.78, 5) is 28.8. The van der Waals surface area contributed by atoms with Gasteiger partial charge in [0.05, 0.1) is 6.04 Å². The van der Waals surface area contributed by atoms with Gasteiger partial charge in [0.1, 0.15) is 0 Å². The van der Waals surface area contributed by atoms with Crippen LogP contribution in [0.3, 0.4) is 0 Å². The van der Waals surface area contributed by atoms with Gasteiger partial charge in [0, 0.05) is 31.2 Å². The summed E-state index contributed by atoms with van der Waals surface area (Å²) in [5.41, 5.74) is 3.32. The van der Waals surface area contributed by atoms with Crippen molar-refractivity contribution < 1.29 is 9.59 Å². The third-order valence-electron chi connectivity index (χ3n) is 5.61. The van der Waals surface area contributed by atoms with Crippen molar-refractivity contribution in [2.75, 3.05) is 18.0 Å². The average molecular weight is 343 g/mol. The highest BCUT2D eigenvalue weighted by atomic mass is 16.2. The number of carbonyl (C=O) groups excluding carboxylic acids is 2. The van der Waals surface area contributed by atoms with Crippen LogP contribution in [0.4, 0.5) is 10.5 Å². The van der Waals surface area contributed by atoms with E-state index in [-0.39, 0.29) is 18.0 Å². The first-order valence-corrected chi connectivity index (χ1v) is 9.44. The number of hydrogen-bond acceptors (Lipinski definition) is 2. The number of nitrogens with one attached hydrogen (secondary N) is 1. The number of benzene rings is 1. The molecule has 3 amide bonds. The fraction of sp³-hybridized carbons (Fsp3) is 0.600. The van der Waals surface area contributed by atoms with Gasteiger partial charge >= 0.3 is 6.03 Å². The number of likely N-dealkylation sites (tertiary alicyclic amines) is 1. The molecule has 0 bridgehead atoms. The molecule has 2 fully saturated rings. The summed E-state index contributed by atoms with van der Waals surface area (Å²) in [5, 5.41) is 3.09. The van der Waals surface area contributed by atoms with Gasteiger partial charge < -0.3 is 15.1 Å². The number of urea groups is 1. The Balaban J connectivity index is 1.64. The number of rotatable bonds is 3. The van der Waals surface area contributed by atoms with Crippen molar-refractivity contribution in [1.29, 1.82) is 0 Å². The predicted octanol–water partition coefficient (Wildman–Crippen LogP) is 3.38. The summed E-state index contributed by atoms with van der Waals surface area (Å²) in [6.07, 6.45) is 4.73. The Morgan fingerprint density at radius 3 is 2.76 bits per heavy atom. The standard InChI is InChI=1S/C20H29N3O2/c1-4-17-7-5-6-10-22(17)20(25)21-16-12-19(24)23(13-16)18-9-8-14(2)15(3)11-18/h8-9,11,16-17H,4-7,10,12-13H2,1-3H3,(H,21,25)/t16-,17-/m1/s1. The summed E-state index contributed by atoms with van der Waals surface area (Å²) >= 11 is 0. The van der Waals surface area contributed by atoms with Gasteiger partial charge in [0.15, 0.2) is 0 Å². The van der Waals surface area contributed by atoms with Gasteiger partial charge in [-0.1, -0.05) is 13.0 Å². The number of aryl methyl sites for hydroxylation is 2. The van der Waals surface area contributed by atoms with Crippen LogP contribution in [0.25, 0.3) is 0 Å². The third-order valence-corrected chi connectivity index (χ3v) is 5.61. The Bertz CT molecular complexity index is 658. The van der Waals surface area contributed by atoms with Crippen LogP contribution in [-0.4, -0.2) is 42.0 Å². The molecular weight excluding hydrogens is 314 g/mol. The molecule has 2 saturated heterocycles. The molecule has 0 radical (unpaired) electrons. The molecule has 5 heteroatoms. The fourth-order valence-corrected chi connectivity index (χ4v) is 3.90. The molecule has 2 aliphatic rings. The number of amides is 3. The molecule has 1 aromatic carbocycles. The third kappa shape index (κ3) is 3.80. The molecule has 3 rings (SSSR count). The topological polar surface area (TPSA) is 52.7 Å². The molecule has 136 valence electrons. The van der Waals surface area contributed by atoms with Crippen molar-refractivity contribution in [3.63, 3.8) is 0 Å². The van der Waals surface area contributed by atoms with Gasteiger partial charge in [-0.15, -0.1) is 0 Å². The van der Waals surface area contributed by atoms with E-state index >= 15 is 0 Å². The Hall–Kier alpha value is -2.04. The molecule has 0 aromatic heterocycles. The van der Waals surface area contributed by atoms with Crippen LogP contribution in [0.1, 0.15) is 50.2 Å². The van der Waals surface area contributed by atoms with Gasteiger partial charge in [0.25, 0.3) is 0 Å². The zero-order valence-corrected chi connectivity index (χ0v) is 15.5. The first-order valence-electron chi connectivity index (χ1n) is 9.44. The Labute approximate surface area is 150 Å². The molecule has 0 aliphatic carbocycles. The number of carbonyl (C=O) groups is 2. The lowest BCUT2D eigenvalue weighted by Crippen LogP contribution is -2.51. The van der Waals surface area contributed by atoms with Crippen LogP contribution in [0, 0.1) is 13.8 Å². The maximum Gasteiger partial charge on any atom is 0.317 e. The van der Waals surface area contributed by atoms with E-state index in [2.05, 4.69) is 32.2 Å². The molecule has 25 heavy (non-hydrogen) atoms. The van der Waals surface area contributed by atoms with E-state index < -0.39 is 0 Å². The second-order valence-corrected chi connectivity index (χ2v) is 7.37. The van der Waals surface area contributed by atoms with Gasteiger partial charge in [-0.2, -0.15) is 0 Å². The molecule has 0 spiro atoms. The average Bonchev–Trinajstić information content (AvgIpc) is 2.97. The summed E-state index contributed by atoms with van der Waals surface area (Å²) in [6, 6.07) is 6.30. The van der Waals surface area contributed by atoms with Crippen molar-refractivity contribution in [2.45, 2.75) is 65.0 Å². The quantitative estimate of drug-likeness (QED) is 0.915. The van der Waals surface area contributed by atoms with Gasteiger partial charge in [-0.05, 0) is 62.8 Å². The van der Waals surface area contributed by atoms with Crippen molar-refractivity contribution in [1.82, 2.24) is 10.2 Å². The van der Waals surface area contributed by atoms with Crippen LogP contribution in [0.5, 0.6) is 0 Å². The Morgan fingerprint density at radius 2 is 2.04 bits per heavy atom. The minimum atomic E-state index is -0.110. The van der Waals surface area contributed by atoms with E-state index in [1.54, 1.807) is 4.90 Å². The molecule has 0 unspecified atom stereocenters. The second-order valence-electron chi connectivity index (χ2n) is 7.37. The Morgan fingerprint density at radius 1 is 1.24 bits per heavy atom. The number of anilines is 1. The first kappa shape index (κ1) is 17.8. The first-order chi connectivity index (χ1) is 12.0. The van der Waals surface area contributed by atoms with Crippen molar-refractivity contribution in [3.8, 4) is 0 Å². The minimum absolute atomic E-state index is 0.00807. The highest BCUT2D eigenvalue weighted by Crippen LogP contribution is 2.25. The second kappa shape index (κ2) is 7.46. The van der Waals surface area contributed by atoms with Gasteiger partial charge in [-0.3, -0.25) is 4.79 Å². The molecular formula is C20H29N3O2.